The third-order valence-corrected chi connectivity index (χ3v) is 2.86. The lowest BCUT2D eigenvalue weighted by atomic mass is 10.1. The van der Waals surface area contributed by atoms with Gasteiger partial charge >= 0.3 is 0 Å². The van der Waals surface area contributed by atoms with Gasteiger partial charge in [-0.2, -0.15) is 0 Å². The topological polar surface area (TPSA) is 35.5 Å². The van der Waals surface area contributed by atoms with Crippen molar-refractivity contribution in [1.82, 2.24) is 0 Å². The van der Waals surface area contributed by atoms with Crippen molar-refractivity contribution in [1.29, 1.82) is 0 Å². The normalized spacial score (nSPS) is 10.2. The molecule has 2 aromatic carbocycles. The van der Waals surface area contributed by atoms with Gasteiger partial charge in [-0.3, -0.25) is 4.79 Å². The number of halogens is 1. The number of rotatable bonds is 4. The van der Waals surface area contributed by atoms with Crippen LogP contribution >= 0.6 is 0 Å². The first-order valence-corrected chi connectivity index (χ1v) is 6.14. The summed E-state index contributed by atoms with van der Waals surface area (Å²) in [6.45, 7) is 3.30. The first-order valence-electron chi connectivity index (χ1n) is 6.14. The van der Waals surface area contributed by atoms with Gasteiger partial charge in [-0.25, -0.2) is 4.39 Å². The SMILES string of the molecule is COc1cc(C)ccc1Oc1ccc(F)cc1C(C)=O. The van der Waals surface area contributed by atoms with Gasteiger partial charge in [-0.05, 0) is 49.7 Å². The molecule has 3 nitrogen and oxygen atoms in total. The number of ether oxygens (including phenoxy) is 2. The van der Waals surface area contributed by atoms with Gasteiger partial charge in [0.1, 0.15) is 11.6 Å². The molecule has 0 saturated heterocycles. The minimum Gasteiger partial charge on any atom is -0.493 e. The van der Waals surface area contributed by atoms with Gasteiger partial charge in [0, 0.05) is 0 Å². The van der Waals surface area contributed by atoms with E-state index >= 15 is 0 Å². The van der Waals surface area contributed by atoms with Crippen LogP contribution in [0, 0.1) is 12.7 Å². The number of methoxy groups -OCH3 is 1. The van der Waals surface area contributed by atoms with Crippen molar-refractivity contribution in [2.24, 2.45) is 0 Å². The summed E-state index contributed by atoms with van der Waals surface area (Å²) < 4.78 is 24.1. The number of hydrogen-bond acceptors (Lipinski definition) is 3. The number of carbonyl (C=O) groups is 1. The Labute approximate surface area is 117 Å². The molecule has 0 radical (unpaired) electrons. The Morgan fingerprint density at radius 2 is 1.75 bits per heavy atom. The molecule has 0 aliphatic carbocycles. The van der Waals surface area contributed by atoms with Crippen LogP contribution in [0.4, 0.5) is 4.39 Å². The second kappa shape index (κ2) is 5.74. The summed E-state index contributed by atoms with van der Waals surface area (Å²) in [7, 11) is 1.54. The fraction of sp³-hybridized carbons (Fsp3) is 0.188. The van der Waals surface area contributed by atoms with Crippen LogP contribution in [0.25, 0.3) is 0 Å². The molecule has 0 heterocycles. The number of carbonyl (C=O) groups excluding carboxylic acids is 1. The Kier molecular flexibility index (Phi) is 4.03. The molecule has 0 bridgehead atoms. The van der Waals surface area contributed by atoms with Gasteiger partial charge in [0.05, 0.1) is 12.7 Å². The number of aryl methyl sites for hydroxylation is 1. The number of benzene rings is 2. The van der Waals surface area contributed by atoms with Gasteiger partial charge in [-0.1, -0.05) is 6.07 Å². The zero-order valence-electron chi connectivity index (χ0n) is 11.6. The first-order chi connectivity index (χ1) is 9.51. The quantitative estimate of drug-likeness (QED) is 0.786. The van der Waals surface area contributed by atoms with Gasteiger partial charge in [-0.15, -0.1) is 0 Å². The lowest BCUT2D eigenvalue weighted by Gasteiger charge is -2.13. The molecular weight excluding hydrogens is 259 g/mol. The fourth-order valence-corrected chi connectivity index (χ4v) is 1.84. The van der Waals surface area contributed by atoms with E-state index in [-0.39, 0.29) is 11.3 Å². The molecule has 2 aromatic rings. The average molecular weight is 274 g/mol. The van der Waals surface area contributed by atoms with Crippen LogP contribution in [0.5, 0.6) is 17.2 Å². The maximum Gasteiger partial charge on any atom is 0.169 e. The molecule has 104 valence electrons. The van der Waals surface area contributed by atoms with Crippen LogP contribution in [0.3, 0.4) is 0 Å². The van der Waals surface area contributed by atoms with E-state index in [1.807, 2.05) is 19.1 Å². The van der Waals surface area contributed by atoms with E-state index in [2.05, 4.69) is 0 Å². The second-order valence-corrected chi connectivity index (χ2v) is 4.45. The van der Waals surface area contributed by atoms with Crippen molar-refractivity contribution >= 4 is 5.78 Å². The number of ketones is 1. The molecular formula is C16H15FO3. The third-order valence-electron chi connectivity index (χ3n) is 2.86. The van der Waals surface area contributed by atoms with Gasteiger partial charge in [0.15, 0.2) is 17.3 Å². The van der Waals surface area contributed by atoms with Crippen LogP contribution in [-0.4, -0.2) is 12.9 Å². The first kappa shape index (κ1) is 14.1. The maximum atomic E-state index is 13.2. The van der Waals surface area contributed by atoms with E-state index in [0.29, 0.717) is 17.2 Å². The van der Waals surface area contributed by atoms with Crippen LogP contribution in [0.2, 0.25) is 0 Å². The summed E-state index contributed by atoms with van der Waals surface area (Å²) in [6.07, 6.45) is 0. The van der Waals surface area contributed by atoms with Crippen LogP contribution in [0.15, 0.2) is 36.4 Å². The highest BCUT2D eigenvalue weighted by molar-refractivity contribution is 5.96. The predicted molar refractivity (Wildman–Crippen MR) is 74.2 cm³/mol. The summed E-state index contributed by atoms with van der Waals surface area (Å²) in [5.41, 5.74) is 1.23. The summed E-state index contributed by atoms with van der Waals surface area (Å²) in [5, 5.41) is 0. The highest BCUT2D eigenvalue weighted by Gasteiger charge is 2.13. The summed E-state index contributed by atoms with van der Waals surface area (Å²) in [6, 6.07) is 9.30. The molecule has 0 atom stereocenters. The Morgan fingerprint density at radius 1 is 1.05 bits per heavy atom. The molecule has 2 rings (SSSR count). The van der Waals surface area contributed by atoms with E-state index in [4.69, 9.17) is 9.47 Å². The van der Waals surface area contributed by atoms with Gasteiger partial charge in [0.2, 0.25) is 0 Å². The standard InChI is InChI=1S/C16H15FO3/c1-10-4-6-15(16(8-10)19-3)20-14-7-5-12(17)9-13(14)11(2)18/h4-9H,1-3H3. The molecule has 0 aliphatic rings. The van der Waals surface area contributed by atoms with E-state index in [1.54, 1.807) is 6.07 Å². The number of Topliss-reactive ketones (excluding diaryl/α,β-unsaturated/α-hetero) is 1. The van der Waals surface area contributed by atoms with Crippen LogP contribution < -0.4 is 9.47 Å². The molecule has 0 spiro atoms. The lowest BCUT2D eigenvalue weighted by molar-refractivity contribution is 0.101. The molecule has 0 saturated carbocycles. The van der Waals surface area contributed by atoms with Gasteiger partial charge < -0.3 is 9.47 Å². The maximum absolute atomic E-state index is 13.2. The molecule has 0 unspecified atom stereocenters. The van der Waals surface area contributed by atoms with Gasteiger partial charge in [0.25, 0.3) is 0 Å². The Morgan fingerprint density at radius 3 is 2.40 bits per heavy atom. The lowest BCUT2D eigenvalue weighted by Crippen LogP contribution is -1.99. The summed E-state index contributed by atoms with van der Waals surface area (Å²) in [5.74, 6) is 0.612. The Bertz CT molecular complexity index is 650. The minimum atomic E-state index is -0.474. The van der Waals surface area contributed by atoms with Crippen molar-refractivity contribution < 1.29 is 18.7 Å². The average Bonchev–Trinajstić information content (AvgIpc) is 2.42. The molecule has 20 heavy (non-hydrogen) atoms. The van der Waals surface area contributed by atoms with E-state index in [9.17, 15) is 9.18 Å². The van der Waals surface area contributed by atoms with Crippen molar-refractivity contribution in [3.8, 4) is 17.2 Å². The van der Waals surface area contributed by atoms with E-state index < -0.39 is 5.82 Å². The molecule has 0 aliphatic heterocycles. The van der Waals surface area contributed by atoms with Crippen molar-refractivity contribution in [2.75, 3.05) is 7.11 Å². The third kappa shape index (κ3) is 2.96. The molecule has 0 fully saturated rings. The Hall–Kier alpha value is -2.36. The zero-order chi connectivity index (χ0) is 14.7. The van der Waals surface area contributed by atoms with E-state index in [0.717, 1.165) is 5.56 Å². The molecule has 0 amide bonds. The molecule has 4 heteroatoms. The highest BCUT2D eigenvalue weighted by Crippen LogP contribution is 2.34. The highest BCUT2D eigenvalue weighted by atomic mass is 19.1. The Balaban J connectivity index is 2.42. The second-order valence-electron chi connectivity index (χ2n) is 4.45. The zero-order valence-corrected chi connectivity index (χ0v) is 11.6. The van der Waals surface area contributed by atoms with Crippen molar-refractivity contribution in [3.63, 3.8) is 0 Å². The van der Waals surface area contributed by atoms with Crippen molar-refractivity contribution in [2.45, 2.75) is 13.8 Å². The molecule has 0 N–H and O–H groups in total. The largest absolute Gasteiger partial charge is 0.493 e. The monoisotopic (exact) mass is 274 g/mol. The van der Waals surface area contributed by atoms with E-state index in [1.165, 1.54) is 32.2 Å². The van der Waals surface area contributed by atoms with Crippen LogP contribution in [0.1, 0.15) is 22.8 Å². The predicted octanol–water partition coefficient (Wildman–Crippen LogP) is 4.14. The smallest absolute Gasteiger partial charge is 0.169 e. The summed E-state index contributed by atoms with van der Waals surface area (Å²) in [4.78, 5) is 11.5. The number of hydrogen-bond donors (Lipinski definition) is 0. The van der Waals surface area contributed by atoms with Crippen LogP contribution in [-0.2, 0) is 0 Å². The molecule has 0 aromatic heterocycles. The fourth-order valence-electron chi connectivity index (χ4n) is 1.84. The summed E-state index contributed by atoms with van der Waals surface area (Å²) >= 11 is 0. The minimum absolute atomic E-state index is 0.202. The van der Waals surface area contributed by atoms with Crippen molar-refractivity contribution in [3.05, 3.63) is 53.3 Å².